The molecule has 0 unspecified atom stereocenters. The highest BCUT2D eigenvalue weighted by atomic mass is 32.2. The number of carbonyl (C=O) groups is 1. The Balaban J connectivity index is 2.58. The molecule has 1 aromatic rings. The van der Waals surface area contributed by atoms with Gasteiger partial charge in [-0.3, -0.25) is 4.79 Å². The summed E-state index contributed by atoms with van der Waals surface area (Å²) in [5, 5.41) is 11.9. The highest BCUT2D eigenvalue weighted by molar-refractivity contribution is 7.89. The van der Waals surface area contributed by atoms with Crippen LogP contribution in [0.4, 0.5) is 0 Å². The summed E-state index contributed by atoms with van der Waals surface area (Å²) < 4.78 is 24.4. The van der Waals surface area contributed by atoms with Crippen LogP contribution in [0.5, 0.6) is 5.75 Å². The Bertz CT molecular complexity index is 540. The third-order valence-electron chi connectivity index (χ3n) is 2.44. The van der Waals surface area contributed by atoms with Crippen LogP contribution in [0, 0.1) is 6.92 Å². The molecular formula is C11H16N2O4S. The van der Waals surface area contributed by atoms with Gasteiger partial charge in [0.05, 0.1) is 5.75 Å². The van der Waals surface area contributed by atoms with E-state index < -0.39 is 15.9 Å². The summed E-state index contributed by atoms with van der Waals surface area (Å²) in [5.41, 5.74) is 0.962. The summed E-state index contributed by atoms with van der Waals surface area (Å²) in [6.45, 7) is 1.73. The molecule has 1 amide bonds. The van der Waals surface area contributed by atoms with Gasteiger partial charge in [-0.25, -0.2) is 13.1 Å². The van der Waals surface area contributed by atoms with Crippen LogP contribution in [0.2, 0.25) is 0 Å². The molecule has 0 aliphatic rings. The zero-order valence-electron chi connectivity index (χ0n) is 10.2. The van der Waals surface area contributed by atoms with Gasteiger partial charge in [-0.15, -0.1) is 0 Å². The number of aromatic hydroxyl groups is 1. The number of nitrogens with one attached hydrogen (secondary N) is 2. The second kappa shape index (κ2) is 5.83. The van der Waals surface area contributed by atoms with Gasteiger partial charge in [-0.2, -0.15) is 0 Å². The second-order valence-electron chi connectivity index (χ2n) is 3.78. The Labute approximate surface area is 106 Å². The van der Waals surface area contributed by atoms with Crippen LogP contribution in [0.3, 0.4) is 0 Å². The predicted molar refractivity (Wildman–Crippen MR) is 68.0 cm³/mol. The zero-order valence-corrected chi connectivity index (χ0v) is 11.0. The summed E-state index contributed by atoms with van der Waals surface area (Å²) in [4.78, 5) is 11.6. The van der Waals surface area contributed by atoms with Crippen molar-refractivity contribution in [2.45, 2.75) is 6.92 Å². The molecule has 0 aromatic heterocycles. The lowest BCUT2D eigenvalue weighted by Crippen LogP contribution is -2.32. The fourth-order valence-electron chi connectivity index (χ4n) is 1.25. The standard InChI is InChI=1S/C11H16N2O4S/c1-8-3-4-9(7-10(8)14)11(15)13-5-6-18(16,17)12-2/h3-4,7,12,14H,5-6H2,1-2H3,(H,13,15). The highest BCUT2D eigenvalue weighted by Gasteiger charge is 2.10. The Kier molecular flexibility index (Phi) is 4.69. The van der Waals surface area contributed by atoms with E-state index in [9.17, 15) is 18.3 Å². The lowest BCUT2D eigenvalue weighted by molar-refractivity contribution is 0.0955. The minimum Gasteiger partial charge on any atom is -0.508 e. The molecule has 0 aliphatic heterocycles. The molecule has 0 bridgehead atoms. The predicted octanol–water partition coefficient (Wildman–Crippen LogP) is -0.0204. The van der Waals surface area contributed by atoms with Gasteiger partial charge >= 0.3 is 0 Å². The zero-order chi connectivity index (χ0) is 13.8. The van der Waals surface area contributed by atoms with E-state index in [4.69, 9.17) is 0 Å². The molecular weight excluding hydrogens is 256 g/mol. The third-order valence-corrected chi connectivity index (χ3v) is 3.80. The van der Waals surface area contributed by atoms with Crippen molar-refractivity contribution in [3.8, 4) is 5.75 Å². The van der Waals surface area contributed by atoms with Crippen molar-refractivity contribution in [3.63, 3.8) is 0 Å². The quantitative estimate of drug-likeness (QED) is 0.702. The van der Waals surface area contributed by atoms with Gasteiger partial charge in [0.25, 0.3) is 5.91 Å². The molecule has 18 heavy (non-hydrogen) atoms. The van der Waals surface area contributed by atoms with Gasteiger partial charge in [-0.05, 0) is 31.7 Å². The molecule has 0 radical (unpaired) electrons. The summed E-state index contributed by atoms with van der Waals surface area (Å²) in [6, 6.07) is 4.53. The van der Waals surface area contributed by atoms with Crippen molar-refractivity contribution >= 4 is 15.9 Å². The maximum atomic E-state index is 11.6. The molecule has 0 heterocycles. The number of sulfonamides is 1. The topological polar surface area (TPSA) is 95.5 Å². The lowest BCUT2D eigenvalue weighted by atomic mass is 10.1. The molecule has 6 nitrogen and oxygen atoms in total. The van der Waals surface area contributed by atoms with Gasteiger partial charge < -0.3 is 10.4 Å². The normalized spacial score (nSPS) is 11.2. The van der Waals surface area contributed by atoms with Gasteiger partial charge in [0.1, 0.15) is 5.75 Å². The average molecular weight is 272 g/mol. The molecule has 1 aromatic carbocycles. The first-order chi connectivity index (χ1) is 8.35. The summed E-state index contributed by atoms with van der Waals surface area (Å²) in [5.74, 6) is -0.574. The summed E-state index contributed by atoms with van der Waals surface area (Å²) in [7, 11) is -2.01. The SMILES string of the molecule is CNS(=O)(=O)CCNC(=O)c1ccc(C)c(O)c1. The summed E-state index contributed by atoms with van der Waals surface area (Å²) >= 11 is 0. The Morgan fingerprint density at radius 2 is 2.06 bits per heavy atom. The van der Waals surface area contributed by atoms with E-state index in [1.54, 1.807) is 19.1 Å². The van der Waals surface area contributed by atoms with Crippen LogP contribution >= 0.6 is 0 Å². The molecule has 3 N–H and O–H groups in total. The molecule has 100 valence electrons. The fraction of sp³-hybridized carbons (Fsp3) is 0.364. The first-order valence-corrected chi connectivity index (χ1v) is 7.00. The number of hydrogen-bond acceptors (Lipinski definition) is 4. The van der Waals surface area contributed by atoms with Crippen molar-refractivity contribution in [2.24, 2.45) is 0 Å². The Morgan fingerprint density at radius 1 is 1.39 bits per heavy atom. The van der Waals surface area contributed by atoms with E-state index in [2.05, 4.69) is 10.0 Å². The van der Waals surface area contributed by atoms with E-state index in [0.29, 0.717) is 11.1 Å². The molecule has 7 heteroatoms. The first kappa shape index (κ1) is 14.5. The molecule has 0 saturated carbocycles. The van der Waals surface area contributed by atoms with Crippen molar-refractivity contribution in [3.05, 3.63) is 29.3 Å². The smallest absolute Gasteiger partial charge is 0.251 e. The van der Waals surface area contributed by atoms with Gasteiger partial charge in [0.15, 0.2) is 0 Å². The average Bonchev–Trinajstić information content (AvgIpc) is 2.32. The molecule has 0 spiro atoms. The van der Waals surface area contributed by atoms with E-state index in [-0.39, 0.29) is 18.0 Å². The van der Waals surface area contributed by atoms with Crippen molar-refractivity contribution in [1.82, 2.24) is 10.0 Å². The van der Waals surface area contributed by atoms with E-state index in [1.807, 2.05) is 0 Å². The van der Waals surface area contributed by atoms with Crippen LogP contribution in [0.25, 0.3) is 0 Å². The van der Waals surface area contributed by atoms with E-state index in [0.717, 1.165) is 0 Å². The Hall–Kier alpha value is -1.60. The fourth-order valence-corrected chi connectivity index (χ4v) is 1.83. The number of aryl methyl sites for hydroxylation is 1. The number of amides is 1. The highest BCUT2D eigenvalue weighted by Crippen LogP contribution is 2.17. The van der Waals surface area contributed by atoms with Crippen LogP contribution in [-0.4, -0.2) is 38.8 Å². The molecule has 0 saturated heterocycles. The largest absolute Gasteiger partial charge is 0.508 e. The molecule has 1 rings (SSSR count). The van der Waals surface area contributed by atoms with E-state index in [1.165, 1.54) is 13.1 Å². The number of phenols is 1. The lowest BCUT2D eigenvalue weighted by Gasteiger charge is -2.06. The number of rotatable bonds is 5. The van der Waals surface area contributed by atoms with Crippen LogP contribution in [-0.2, 0) is 10.0 Å². The monoisotopic (exact) mass is 272 g/mol. The number of hydrogen-bond donors (Lipinski definition) is 3. The van der Waals surface area contributed by atoms with Gasteiger partial charge in [0, 0.05) is 12.1 Å². The Morgan fingerprint density at radius 3 is 2.61 bits per heavy atom. The minimum atomic E-state index is -3.33. The molecule has 0 atom stereocenters. The maximum absolute atomic E-state index is 11.6. The van der Waals surface area contributed by atoms with Gasteiger partial charge in [0.2, 0.25) is 10.0 Å². The summed E-state index contributed by atoms with van der Waals surface area (Å²) in [6.07, 6.45) is 0. The molecule has 0 aliphatic carbocycles. The second-order valence-corrected chi connectivity index (χ2v) is 5.83. The van der Waals surface area contributed by atoms with Crippen LogP contribution in [0.15, 0.2) is 18.2 Å². The van der Waals surface area contributed by atoms with Crippen molar-refractivity contribution in [1.29, 1.82) is 0 Å². The minimum absolute atomic E-state index is 0.0106. The maximum Gasteiger partial charge on any atom is 0.251 e. The van der Waals surface area contributed by atoms with Crippen LogP contribution in [0.1, 0.15) is 15.9 Å². The number of carbonyl (C=O) groups excluding carboxylic acids is 1. The van der Waals surface area contributed by atoms with Crippen LogP contribution < -0.4 is 10.0 Å². The first-order valence-electron chi connectivity index (χ1n) is 5.35. The van der Waals surface area contributed by atoms with Crippen molar-refractivity contribution in [2.75, 3.05) is 19.3 Å². The van der Waals surface area contributed by atoms with Crippen molar-refractivity contribution < 1.29 is 18.3 Å². The number of benzene rings is 1. The van der Waals surface area contributed by atoms with Gasteiger partial charge in [-0.1, -0.05) is 6.07 Å². The molecule has 0 fully saturated rings. The number of phenolic OH excluding ortho intramolecular Hbond substituents is 1. The van der Waals surface area contributed by atoms with E-state index >= 15 is 0 Å². The third kappa shape index (κ3) is 4.01.